The molecule has 0 N–H and O–H groups in total. The maximum atomic E-state index is 12.3. The van der Waals surface area contributed by atoms with Gasteiger partial charge in [-0.2, -0.15) is 13.2 Å². The first-order chi connectivity index (χ1) is 6.36. The monoisotopic (exact) mass is 243 g/mol. The van der Waals surface area contributed by atoms with Crippen LogP contribution in [-0.2, 0) is 17.9 Å². The number of hydrogen-bond donors (Lipinski definition) is 0. The predicted octanol–water partition coefficient (Wildman–Crippen LogP) is 3.94. The largest absolute Gasteiger partial charge is 0.416 e. The van der Waals surface area contributed by atoms with Gasteiger partial charge in [0.05, 0.1) is 5.56 Å². The van der Waals surface area contributed by atoms with Gasteiger partial charge in [-0.3, -0.25) is 0 Å². The van der Waals surface area contributed by atoms with Gasteiger partial charge in [0, 0.05) is 15.6 Å². The van der Waals surface area contributed by atoms with E-state index in [1.165, 1.54) is 0 Å². The van der Waals surface area contributed by atoms with Crippen molar-refractivity contribution in [2.24, 2.45) is 0 Å². The summed E-state index contributed by atoms with van der Waals surface area (Å²) in [7, 11) is 0. The summed E-state index contributed by atoms with van der Waals surface area (Å²) < 4.78 is 37.0. The quantitative estimate of drug-likeness (QED) is 0.712. The van der Waals surface area contributed by atoms with Crippen LogP contribution in [0.15, 0.2) is 12.1 Å². The van der Waals surface area contributed by atoms with Gasteiger partial charge in [-0.15, -0.1) is 0 Å². The van der Waals surface area contributed by atoms with E-state index in [-0.39, 0.29) is 10.0 Å². The zero-order valence-electron chi connectivity index (χ0n) is 6.66. The zero-order chi connectivity index (χ0) is 10.9. The van der Waals surface area contributed by atoms with Crippen LogP contribution in [0.2, 0.25) is 10.0 Å². The first-order valence-corrected chi connectivity index (χ1v) is 4.25. The Morgan fingerprint density at radius 2 is 1.79 bits per heavy atom. The second kappa shape index (κ2) is 3.96. The van der Waals surface area contributed by atoms with Crippen molar-refractivity contribution >= 4 is 23.2 Å². The Balaban J connectivity index is 3.40. The molecule has 1 nitrogen and oxygen atoms in total. The number of benzene rings is 1. The van der Waals surface area contributed by atoms with Crippen molar-refractivity contribution < 1.29 is 18.3 Å². The van der Waals surface area contributed by atoms with Crippen LogP contribution in [0.4, 0.5) is 13.2 Å². The Morgan fingerprint density at radius 3 is 2.21 bits per heavy atom. The summed E-state index contributed by atoms with van der Waals surface area (Å²) in [5.41, 5.74) is -1.53. The Kier molecular flexibility index (Phi) is 3.29. The highest BCUT2D eigenvalue weighted by molar-refractivity contribution is 6.35. The van der Waals surface area contributed by atoms with Gasteiger partial charge in [0.2, 0.25) is 0 Å². The van der Waals surface area contributed by atoms with E-state index in [1.54, 1.807) is 0 Å². The second-order valence-electron chi connectivity index (χ2n) is 2.56. The molecule has 14 heavy (non-hydrogen) atoms. The Morgan fingerprint density at radius 1 is 1.21 bits per heavy atom. The molecule has 0 unspecified atom stereocenters. The fourth-order valence-corrected chi connectivity index (χ4v) is 1.55. The van der Waals surface area contributed by atoms with Gasteiger partial charge in [-0.1, -0.05) is 23.2 Å². The summed E-state index contributed by atoms with van der Waals surface area (Å²) in [5, 5.41) is 10.1. The highest BCUT2D eigenvalue weighted by Gasteiger charge is 2.34. The van der Waals surface area contributed by atoms with Crippen molar-refractivity contribution in [1.29, 1.82) is 0 Å². The lowest BCUT2D eigenvalue weighted by atomic mass is 10.1. The number of alkyl halides is 3. The molecule has 0 spiro atoms. The maximum absolute atomic E-state index is 12.3. The molecule has 0 fully saturated rings. The second-order valence-corrected chi connectivity index (χ2v) is 3.40. The molecule has 0 bridgehead atoms. The van der Waals surface area contributed by atoms with Crippen LogP contribution < -0.4 is 0 Å². The summed E-state index contributed by atoms with van der Waals surface area (Å²) in [5.74, 6) is 0. The average molecular weight is 244 g/mol. The van der Waals surface area contributed by atoms with Gasteiger partial charge in [0.15, 0.2) is 0 Å². The lowest BCUT2D eigenvalue weighted by molar-refractivity contribution is -0.138. The molecular weight excluding hydrogens is 240 g/mol. The van der Waals surface area contributed by atoms with Crippen LogP contribution in [0.25, 0.3) is 0 Å². The van der Waals surface area contributed by atoms with Crippen molar-refractivity contribution in [3.8, 4) is 0 Å². The molecule has 0 atom stereocenters. The summed E-state index contributed by atoms with van der Waals surface area (Å²) in [4.78, 5) is 0. The molecule has 0 aliphatic rings. The van der Waals surface area contributed by atoms with Gasteiger partial charge >= 0.3 is 6.18 Å². The van der Waals surface area contributed by atoms with Crippen molar-refractivity contribution in [2.45, 2.75) is 12.8 Å². The molecule has 0 aromatic heterocycles. The summed E-state index contributed by atoms with van der Waals surface area (Å²) in [6, 6.07) is 1.81. The molecule has 6 heteroatoms. The number of hydrogen-bond acceptors (Lipinski definition) is 0. The number of halogens is 5. The van der Waals surface area contributed by atoms with Gasteiger partial charge in [-0.05, 0) is 12.1 Å². The fourth-order valence-electron chi connectivity index (χ4n) is 1.00. The van der Waals surface area contributed by atoms with E-state index in [4.69, 9.17) is 23.2 Å². The van der Waals surface area contributed by atoms with Crippen LogP contribution in [-0.4, -0.2) is 0 Å². The first-order valence-electron chi connectivity index (χ1n) is 3.49. The van der Waals surface area contributed by atoms with Crippen molar-refractivity contribution in [3.63, 3.8) is 0 Å². The highest BCUT2D eigenvalue weighted by Crippen LogP contribution is 2.37. The third-order valence-electron chi connectivity index (χ3n) is 1.61. The first kappa shape index (κ1) is 11.6. The molecule has 77 valence electrons. The van der Waals surface area contributed by atoms with E-state index in [0.29, 0.717) is 6.07 Å². The van der Waals surface area contributed by atoms with Gasteiger partial charge in [0.1, 0.15) is 6.61 Å². The van der Waals surface area contributed by atoms with E-state index in [2.05, 4.69) is 0 Å². The topological polar surface area (TPSA) is 19.9 Å². The predicted molar refractivity (Wildman–Crippen MR) is 45.9 cm³/mol. The molecule has 0 amide bonds. The molecule has 1 aromatic carbocycles. The molecule has 0 saturated carbocycles. The minimum Gasteiger partial charge on any atom is -0.231 e. The van der Waals surface area contributed by atoms with Crippen molar-refractivity contribution in [3.05, 3.63) is 33.3 Å². The van der Waals surface area contributed by atoms with E-state index in [9.17, 15) is 18.3 Å². The third kappa shape index (κ3) is 2.32. The van der Waals surface area contributed by atoms with Gasteiger partial charge < -0.3 is 0 Å². The Hall–Kier alpha value is -0.450. The smallest absolute Gasteiger partial charge is 0.231 e. The molecule has 0 aliphatic carbocycles. The van der Waals surface area contributed by atoms with Crippen LogP contribution in [0.5, 0.6) is 0 Å². The normalized spacial score (nSPS) is 11.9. The lowest BCUT2D eigenvalue weighted by Crippen LogP contribution is -2.09. The van der Waals surface area contributed by atoms with E-state index >= 15 is 0 Å². The maximum Gasteiger partial charge on any atom is 0.416 e. The summed E-state index contributed by atoms with van der Waals surface area (Å²) >= 11 is 10.9. The average Bonchev–Trinajstić information content (AvgIpc) is 2.01. The van der Waals surface area contributed by atoms with Crippen LogP contribution in [0.1, 0.15) is 11.1 Å². The molecule has 1 aromatic rings. The zero-order valence-corrected chi connectivity index (χ0v) is 8.17. The Labute approximate surface area is 88.1 Å². The summed E-state index contributed by atoms with van der Waals surface area (Å²) in [6.45, 7) is -1.02. The van der Waals surface area contributed by atoms with Crippen molar-refractivity contribution in [1.82, 2.24) is 0 Å². The van der Waals surface area contributed by atoms with Crippen LogP contribution in [0.3, 0.4) is 0 Å². The SMILES string of the molecule is [O]Cc1c(Cl)cc(Cl)cc1C(F)(F)F. The highest BCUT2D eigenvalue weighted by atomic mass is 35.5. The summed E-state index contributed by atoms with van der Waals surface area (Å²) in [6.07, 6.45) is -4.60. The van der Waals surface area contributed by atoms with Gasteiger partial charge in [-0.25, -0.2) is 5.11 Å². The molecule has 1 radical (unpaired) electrons. The molecule has 0 heterocycles. The molecular formula is C8H4Cl2F3O. The third-order valence-corrected chi connectivity index (χ3v) is 2.17. The molecule has 0 saturated heterocycles. The minimum atomic E-state index is -4.60. The minimum absolute atomic E-state index is 0.139. The fraction of sp³-hybridized carbons (Fsp3) is 0.250. The molecule has 1 rings (SSSR count). The van der Waals surface area contributed by atoms with E-state index in [1.807, 2.05) is 0 Å². The number of rotatable bonds is 1. The lowest BCUT2D eigenvalue weighted by Gasteiger charge is -2.12. The van der Waals surface area contributed by atoms with E-state index in [0.717, 1.165) is 6.07 Å². The Bertz CT molecular complexity index is 349. The van der Waals surface area contributed by atoms with Crippen LogP contribution >= 0.6 is 23.2 Å². The standard InChI is InChI=1S/C8H4Cl2F3O/c9-4-1-6(8(11,12)13)5(3-14)7(10)2-4/h1-2H,3H2. The molecule has 0 aliphatic heterocycles. The van der Waals surface area contributed by atoms with Gasteiger partial charge in [0.25, 0.3) is 0 Å². The van der Waals surface area contributed by atoms with Crippen LogP contribution in [0, 0.1) is 0 Å². The van der Waals surface area contributed by atoms with E-state index < -0.39 is 23.9 Å². The van der Waals surface area contributed by atoms with Crippen molar-refractivity contribution in [2.75, 3.05) is 0 Å².